The van der Waals surface area contributed by atoms with E-state index in [-0.39, 0.29) is 0 Å². The maximum atomic E-state index is 2.37. The van der Waals surface area contributed by atoms with E-state index >= 15 is 0 Å². The summed E-state index contributed by atoms with van der Waals surface area (Å²) in [7, 11) is 0. The average Bonchev–Trinajstić information content (AvgIpc) is 2.80. The van der Waals surface area contributed by atoms with Gasteiger partial charge in [0.25, 0.3) is 0 Å². The molecule has 3 aromatic carbocycles. The molecule has 1 aliphatic rings. The summed E-state index contributed by atoms with van der Waals surface area (Å²) in [5.41, 5.74) is 12.3. The van der Waals surface area contributed by atoms with Crippen molar-refractivity contribution in [1.82, 2.24) is 0 Å². The molecule has 0 heterocycles. The Balaban J connectivity index is 0.000000234. The second-order valence-electron chi connectivity index (χ2n) is 11.1. The van der Waals surface area contributed by atoms with Crippen LogP contribution in [0.3, 0.4) is 0 Å². The predicted molar refractivity (Wildman–Crippen MR) is 159 cm³/mol. The Bertz CT molecular complexity index is 945. The van der Waals surface area contributed by atoms with Crippen LogP contribution in [0.4, 0.5) is 0 Å². The van der Waals surface area contributed by atoms with Crippen molar-refractivity contribution in [3.05, 3.63) is 105 Å². The van der Waals surface area contributed by atoms with Gasteiger partial charge >= 0.3 is 0 Å². The third kappa shape index (κ3) is 12.8. The molecule has 0 aromatic heterocycles. The lowest BCUT2D eigenvalue weighted by Crippen LogP contribution is -2.08. The zero-order chi connectivity index (χ0) is 26.5. The molecule has 1 fully saturated rings. The fourth-order valence-electron chi connectivity index (χ4n) is 4.21. The molecule has 0 N–H and O–H groups in total. The minimum Gasteiger partial charge on any atom is -0.0625 e. The van der Waals surface area contributed by atoms with E-state index in [0.717, 1.165) is 11.8 Å². The first kappa shape index (κ1) is 30.7. The largest absolute Gasteiger partial charge is 0.0625 e. The van der Waals surface area contributed by atoms with Gasteiger partial charge in [0.15, 0.2) is 0 Å². The lowest BCUT2D eigenvalue weighted by molar-refractivity contribution is 0.308. The number of rotatable bonds is 0. The highest BCUT2D eigenvalue weighted by atomic mass is 14.2. The van der Waals surface area contributed by atoms with Gasteiger partial charge in [0.2, 0.25) is 0 Å². The van der Waals surface area contributed by atoms with Crippen LogP contribution in [0.1, 0.15) is 89.6 Å². The molecule has 0 bridgehead atoms. The Morgan fingerprint density at radius 3 is 1.09 bits per heavy atom. The van der Waals surface area contributed by atoms with Gasteiger partial charge in [-0.15, -0.1) is 0 Å². The molecule has 1 aliphatic carbocycles. The summed E-state index contributed by atoms with van der Waals surface area (Å²) in [6.07, 6.45) is 5.89. The van der Waals surface area contributed by atoms with E-state index in [0.29, 0.717) is 0 Å². The maximum absolute atomic E-state index is 2.37. The van der Waals surface area contributed by atoms with Gasteiger partial charge in [0, 0.05) is 0 Å². The first-order chi connectivity index (χ1) is 16.4. The smallest absolute Gasteiger partial charge is 0.0392 e. The highest BCUT2D eigenvalue weighted by Crippen LogP contribution is 2.27. The van der Waals surface area contributed by atoms with Crippen molar-refractivity contribution in [2.75, 3.05) is 0 Å². The van der Waals surface area contributed by atoms with Crippen molar-refractivity contribution >= 4 is 0 Å². The first-order valence-electron chi connectivity index (χ1n) is 13.5. The van der Waals surface area contributed by atoms with Crippen LogP contribution in [0.5, 0.6) is 0 Å². The molecule has 0 atom stereocenters. The minimum absolute atomic E-state index is 1.02. The third-order valence-electron chi connectivity index (χ3n) is 7.26. The number of benzene rings is 3. The topological polar surface area (TPSA) is 0 Å². The normalized spacial score (nSPS) is 16.5. The lowest BCUT2D eigenvalue weighted by Gasteiger charge is -2.22. The Hall–Kier alpha value is -2.34. The molecule has 35 heavy (non-hydrogen) atoms. The van der Waals surface area contributed by atoms with Crippen molar-refractivity contribution < 1.29 is 0 Å². The third-order valence-corrected chi connectivity index (χ3v) is 7.26. The van der Waals surface area contributed by atoms with Crippen molar-refractivity contribution in [1.29, 1.82) is 0 Å². The van der Waals surface area contributed by atoms with Gasteiger partial charge in [0.1, 0.15) is 0 Å². The van der Waals surface area contributed by atoms with E-state index in [1.165, 1.54) is 75.8 Å². The van der Waals surface area contributed by atoms with Gasteiger partial charge < -0.3 is 0 Å². The summed E-state index contributed by atoms with van der Waals surface area (Å²) in [4.78, 5) is 0. The highest BCUT2D eigenvalue weighted by Gasteiger charge is 2.13. The van der Waals surface area contributed by atoms with Crippen molar-refractivity contribution in [2.24, 2.45) is 11.8 Å². The molecule has 0 aliphatic heterocycles. The molecule has 0 unspecified atom stereocenters. The number of hydrogen-bond donors (Lipinski definition) is 0. The molecule has 0 spiro atoms. The molecule has 0 saturated heterocycles. The van der Waals surface area contributed by atoms with Crippen LogP contribution in [0.15, 0.2) is 54.6 Å². The summed E-state index contributed by atoms with van der Waals surface area (Å²) in [6.45, 7) is 24.0. The molecule has 192 valence electrons. The fourth-order valence-corrected chi connectivity index (χ4v) is 4.21. The van der Waals surface area contributed by atoms with Gasteiger partial charge in [-0.25, -0.2) is 0 Å². The monoisotopic (exact) mass is 472 g/mol. The molecular formula is C35H52. The van der Waals surface area contributed by atoms with Crippen LogP contribution in [-0.4, -0.2) is 0 Å². The molecule has 0 heteroatoms. The Morgan fingerprint density at radius 2 is 0.743 bits per heavy atom. The van der Waals surface area contributed by atoms with Crippen LogP contribution in [0.25, 0.3) is 0 Å². The zero-order valence-corrected chi connectivity index (χ0v) is 24.7. The Morgan fingerprint density at radius 1 is 0.400 bits per heavy atom. The maximum Gasteiger partial charge on any atom is -0.0392 e. The van der Waals surface area contributed by atoms with E-state index < -0.39 is 0 Å². The average molecular weight is 473 g/mol. The van der Waals surface area contributed by atoms with Crippen LogP contribution >= 0.6 is 0 Å². The fraction of sp³-hybridized carbons (Fsp3) is 0.486. The van der Waals surface area contributed by atoms with E-state index in [2.05, 4.69) is 131 Å². The van der Waals surface area contributed by atoms with E-state index in [1.807, 2.05) is 0 Å². The zero-order valence-electron chi connectivity index (χ0n) is 24.7. The first-order valence-corrected chi connectivity index (χ1v) is 13.5. The lowest BCUT2D eigenvalue weighted by atomic mass is 9.84. The second-order valence-corrected chi connectivity index (χ2v) is 11.1. The SMILES string of the molecule is CC1CCC(C)CC1.Cc1cc(C)c(C)c(C)c1.Cc1ccc(C)c(C)c1.Cc1ccc(C)cc1. The molecule has 0 nitrogen and oxygen atoms in total. The van der Waals surface area contributed by atoms with E-state index in [1.54, 1.807) is 0 Å². The molecular weight excluding hydrogens is 420 g/mol. The van der Waals surface area contributed by atoms with E-state index in [4.69, 9.17) is 0 Å². The minimum atomic E-state index is 1.02. The molecule has 3 aromatic rings. The number of hydrogen-bond acceptors (Lipinski definition) is 0. The van der Waals surface area contributed by atoms with Crippen LogP contribution < -0.4 is 0 Å². The number of aryl methyl sites for hydroxylation is 8. The summed E-state index contributed by atoms with van der Waals surface area (Å²) in [6, 6.07) is 19.4. The van der Waals surface area contributed by atoms with Gasteiger partial charge in [-0.1, -0.05) is 116 Å². The highest BCUT2D eigenvalue weighted by molar-refractivity contribution is 5.36. The van der Waals surface area contributed by atoms with Crippen LogP contribution in [0.2, 0.25) is 0 Å². The molecule has 0 amide bonds. The van der Waals surface area contributed by atoms with Crippen molar-refractivity contribution in [2.45, 2.75) is 102 Å². The summed E-state index contributed by atoms with van der Waals surface area (Å²) >= 11 is 0. The van der Waals surface area contributed by atoms with Crippen LogP contribution in [0, 0.1) is 74.1 Å². The summed E-state index contributed by atoms with van der Waals surface area (Å²) in [5.74, 6) is 2.04. The second kappa shape index (κ2) is 15.6. The molecule has 0 radical (unpaired) electrons. The Kier molecular flexibility index (Phi) is 13.7. The van der Waals surface area contributed by atoms with E-state index in [9.17, 15) is 0 Å². The standard InChI is InChI=1S/C10H14.C9H12.C8H16.C8H10/c1-7-5-8(2)10(4)9(3)6-7;1-7-4-5-8(2)9(3)6-7;2*1-7-3-5-8(2)6-4-7/h5-6H,1-4H3;4-6H,1-3H3;7-8H,3-6H2,1-2H3;3-6H,1-2H3. The van der Waals surface area contributed by atoms with Gasteiger partial charge in [0.05, 0.1) is 0 Å². The predicted octanol–water partition coefficient (Wildman–Crippen LogP) is 10.7. The van der Waals surface area contributed by atoms with Crippen molar-refractivity contribution in [3.8, 4) is 0 Å². The Labute approximate surface area is 218 Å². The quantitative estimate of drug-likeness (QED) is 0.305. The summed E-state index contributed by atoms with van der Waals surface area (Å²) in [5, 5.41) is 0. The van der Waals surface area contributed by atoms with Gasteiger partial charge in [-0.2, -0.15) is 0 Å². The summed E-state index contributed by atoms with van der Waals surface area (Å²) < 4.78 is 0. The van der Waals surface area contributed by atoms with Crippen molar-refractivity contribution in [3.63, 3.8) is 0 Å². The van der Waals surface area contributed by atoms with Gasteiger partial charge in [-0.3, -0.25) is 0 Å². The molecule has 1 saturated carbocycles. The molecule has 4 rings (SSSR count). The van der Waals surface area contributed by atoms with Gasteiger partial charge in [-0.05, 0) is 102 Å². The van der Waals surface area contributed by atoms with Crippen LogP contribution in [-0.2, 0) is 0 Å².